The molecule has 0 aliphatic heterocycles. The quantitative estimate of drug-likeness (QED) is 0.782. The summed E-state index contributed by atoms with van der Waals surface area (Å²) in [5, 5.41) is 21.4. The first-order valence-electron chi connectivity index (χ1n) is 5.37. The van der Waals surface area contributed by atoms with Crippen molar-refractivity contribution in [1.29, 1.82) is 5.26 Å². The van der Waals surface area contributed by atoms with Crippen molar-refractivity contribution in [2.75, 3.05) is 11.9 Å². The zero-order valence-electron chi connectivity index (χ0n) is 9.14. The normalized spacial score (nSPS) is 16.6. The summed E-state index contributed by atoms with van der Waals surface area (Å²) in [6, 6.07) is 3.60. The average Bonchev–Trinajstić information content (AvgIpc) is 3.08. The number of rotatable bonds is 4. The van der Waals surface area contributed by atoms with Gasteiger partial charge >= 0.3 is 0 Å². The van der Waals surface area contributed by atoms with Gasteiger partial charge in [-0.15, -0.1) is 0 Å². The van der Waals surface area contributed by atoms with Gasteiger partial charge in [0.05, 0.1) is 6.10 Å². The SMILES string of the molecule is Cc1cc(C#N)nc(NCC(O)C2CC2)n1. The molecule has 1 atom stereocenters. The van der Waals surface area contributed by atoms with Crippen molar-refractivity contribution in [2.24, 2.45) is 5.92 Å². The standard InChI is InChI=1S/C11H14N4O/c1-7-4-9(5-12)15-11(14-7)13-6-10(16)8-2-3-8/h4,8,10,16H,2-3,6H2,1H3,(H,13,14,15). The number of nitrogens with one attached hydrogen (secondary N) is 1. The highest BCUT2D eigenvalue weighted by Crippen LogP contribution is 2.32. The van der Waals surface area contributed by atoms with Crippen LogP contribution in [0.2, 0.25) is 0 Å². The van der Waals surface area contributed by atoms with Crippen LogP contribution in [0, 0.1) is 24.2 Å². The lowest BCUT2D eigenvalue weighted by Crippen LogP contribution is -2.22. The van der Waals surface area contributed by atoms with Crippen molar-refractivity contribution in [1.82, 2.24) is 9.97 Å². The van der Waals surface area contributed by atoms with Crippen molar-refractivity contribution in [3.05, 3.63) is 17.5 Å². The van der Waals surface area contributed by atoms with Gasteiger partial charge in [0.25, 0.3) is 0 Å². The highest BCUT2D eigenvalue weighted by atomic mass is 16.3. The van der Waals surface area contributed by atoms with Gasteiger partial charge in [0, 0.05) is 12.2 Å². The molecule has 16 heavy (non-hydrogen) atoms. The van der Waals surface area contributed by atoms with Crippen molar-refractivity contribution in [2.45, 2.75) is 25.9 Å². The number of anilines is 1. The smallest absolute Gasteiger partial charge is 0.224 e. The molecule has 0 amide bonds. The topological polar surface area (TPSA) is 81.8 Å². The molecule has 0 aromatic carbocycles. The number of aliphatic hydroxyl groups excluding tert-OH is 1. The molecule has 1 heterocycles. The molecule has 1 saturated carbocycles. The first-order valence-corrected chi connectivity index (χ1v) is 5.37. The molecule has 2 rings (SSSR count). The van der Waals surface area contributed by atoms with Crippen molar-refractivity contribution in [3.63, 3.8) is 0 Å². The van der Waals surface area contributed by atoms with E-state index in [4.69, 9.17) is 5.26 Å². The van der Waals surface area contributed by atoms with Crippen LogP contribution in [-0.2, 0) is 0 Å². The average molecular weight is 218 g/mol. The minimum atomic E-state index is -0.338. The van der Waals surface area contributed by atoms with Gasteiger partial charge in [0.1, 0.15) is 11.8 Å². The molecule has 84 valence electrons. The first kappa shape index (κ1) is 10.8. The van der Waals surface area contributed by atoms with Crippen LogP contribution in [-0.4, -0.2) is 27.7 Å². The Morgan fingerprint density at radius 2 is 2.38 bits per heavy atom. The van der Waals surface area contributed by atoms with Gasteiger partial charge in [-0.1, -0.05) is 0 Å². The number of nitrogens with zero attached hydrogens (tertiary/aromatic N) is 3. The lowest BCUT2D eigenvalue weighted by Gasteiger charge is -2.10. The summed E-state index contributed by atoms with van der Waals surface area (Å²) < 4.78 is 0. The highest BCUT2D eigenvalue weighted by Gasteiger charge is 2.29. The third-order valence-electron chi connectivity index (χ3n) is 2.60. The molecule has 0 bridgehead atoms. The van der Waals surface area contributed by atoms with Crippen molar-refractivity contribution in [3.8, 4) is 6.07 Å². The monoisotopic (exact) mass is 218 g/mol. The second-order valence-electron chi connectivity index (χ2n) is 4.12. The van der Waals surface area contributed by atoms with E-state index < -0.39 is 0 Å². The van der Waals surface area contributed by atoms with Gasteiger partial charge in [0.15, 0.2) is 0 Å². The first-order chi connectivity index (χ1) is 7.69. The Bertz CT molecular complexity index is 422. The number of aliphatic hydroxyl groups is 1. The summed E-state index contributed by atoms with van der Waals surface area (Å²) in [4.78, 5) is 8.16. The predicted octanol–water partition coefficient (Wildman–Crippen LogP) is 0.840. The molecule has 2 N–H and O–H groups in total. The van der Waals surface area contributed by atoms with E-state index in [1.165, 1.54) is 0 Å². The Morgan fingerprint density at radius 3 is 3.00 bits per heavy atom. The highest BCUT2D eigenvalue weighted by molar-refractivity contribution is 5.33. The van der Waals surface area contributed by atoms with Crippen LogP contribution in [0.1, 0.15) is 24.2 Å². The second kappa shape index (κ2) is 4.45. The maximum atomic E-state index is 9.66. The zero-order valence-corrected chi connectivity index (χ0v) is 9.14. The Hall–Kier alpha value is -1.67. The van der Waals surface area contributed by atoms with E-state index in [0.29, 0.717) is 24.1 Å². The summed E-state index contributed by atoms with van der Waals surface area (Å²) in [7, 11) is 0. The van der Waals surface area contributed by atoms with E-state index in [-0.39, 0.29) is 6.10 Å². The summed E-state index contributed by atoms with van der Waals surface area (Å²) in [6.45, 7) is 2.25. The number of hydrogen-bond donors (Lipinski definition) is 2. The third kappa shape index (κ3) is 2.67. The molecule has 1 aliphatic rings. The largest absolute Gasteiger partial charge is 0.391 e. The van der Waals surface area contributed by atoms with Crippen molar-refractivity contribution < 1.29 is 5.11 Å². The third-order valence-corrected chi connectivity index (χ3v) is 2.60. The van der Waals surface area contributed by atoms with Crippen LogP contribution < -0.4 is 5.32 Å². The van der Waals surface area contributed by atoms with E-state index in [2.05, 4.69) is 15.3 Å². The van der Waals surface area contributed by atoms with Gasteiger partial charge < -0.3 is 10.4 Å². The Balaban J connectivity index is 1.98. The minimum absolute atomic E-state index is 0.338. The molecule has 1 unspecified atom stereocenters. The molecular formula is C11H14N4O. The number of nitriles is 1. The lowest BCUT2D eigenvalue weighted by molar-refractivity contribution is 0.164. The Morgan fingerprint density at radius 1 is 1.62 bits per heavy atom. The molecule has 1 aromatic rings. The minimum Gasteiger partial charge on any atom is -0.391 e. The van der Waals surface area contributed by atoms with Gasteiger partial charge in [-0.3, -0.25) is 0 Å². The van der Waals surface area contributed by atoms with Gasteiger partial charge in [-0.25, -0.2) is 9.97 Å². The van der Waals surface area contributed by atoms with E-state index in [0.717, 1.165) is 18.5 Å². The molecular weight excluding hydrogens is 204 g/mol. The van der Waals surface area contributed by atoms with Crippen LogP contribution >= 0.6 is 0 Å². The van der Waals surface area contributed by atoms with Crippen LogP contribution in [0.15, 0.2) is 6.07 Å². The predicted molar refractivity (Wildman–Crippen MR) is 58.7 cm³/mol. The number of aryl methyl sites for hydroxylation is 1. The molecule has 5 nitrogen and oxygen atoms in total. The molecule has 0 radical (unpaired) electrons. The number of hydrogen-bond acceptors (Lipinski definition) is 5. The van der Waals surface area contributed by atoms with Crippen LogP contribution in [0.25, 0.3) is 0 Å². The summed E-state index contributed by atoms with van der Waals surface area (Å²) in [6.07, 6.45) is 1.86. The Labute approximate surface area is 94.2 Å². The van der Waals surface area contributed by atoms with Crippen molar-refractivity contribution >= 4 is 5.95 Å². The molecule has 1 fully saturated rings. The van der Waals surface area contributed by atoms with E-state index in [9.17, 15) is 5.11 Å². The van der Waals surface area contributed by atoms with E-state index in [1.54, 1.807) is 6.07 Å². The molecule has 0 saturated heterocycles. The maximum Gasteiger partial charge on any atom is 0.224 e. The second-order valence-corrected chi connectivity index (χ2v) is 4.12. The summed E-state index contributed by atoms with van der Waals surface area (Å²) in [5.41, 5.74) is 1.09. The summed E-state index contributed by atoms with van der Waals surface area (Å²) in [5.74, 6) is 0.837. The lowest BCUT2D eigenvalue weighted by atomic mass is 10.2. The Kier molecular flexibility index (Phi) is 3.02. The number of aromatic nitrogens is 2. The molecule has 5 heteroatoms. The van der Waals surface area contributed by atoms with E-state index >= 15 is 0 Å². The van der Waals surface area contributed by atoms with E-state index in [1.807, 2.05) is 13.0 Å². The maximum absolute atomic E-state index is 9.66. The molecule has 1 aromatic heterocycles. The summed E-state index contributed by atoms with van der Waals surface area (Å²) >= 11 is 0. The fraction of sp³-hybridized carbons (Fsp3) is 0.545. The van der Waals surface area contributed by atoms with Gasteiger partial charge in [-0.2, -0.15) is 5.26 Å². The zero-order chi connectivity index (χ0) is 11.5. The molecule has 0 spiro atoms. The van der Waals surface area contributed by atoms with Crippen LogP contribution in [0.4, 0.5) is 5.95 Å². The van der Waals surface area contributed by atoms with Crippen LogP contribution in [0.5, 0.6) is 0 Å². The van der Waals surface area contributed by atoms with Gasteiger partial charge in [0.2, 0.25) is 5.95 Å². The fourth-order valence-electron chi connectivity index (χ4n) is 1.55. The fourth-order valence-corrected chi connectivity index (χ4v) is 1.55. The van der Waals surface area contributed by atoms with Gasteiger partial charge in [-0.05, 0) is 31.7 Å². The van der Waals surface area contributed by atoms with Crippen LogP contribution in [0.3, 0.4) is 0 Å². The molecule has 1 aliphatic carbocycles.